The summed E-state index contributed by atoms with van der Waals surface area (Å²) < 4.78 is 5.84. The fourth-order valence-electron chi connectivity index (χ4n) is 3.11. The molecule has 110 valence electrons. The Morgan fingerprint density at radius 1 is 1.25 bits per heavy atom. The molecule has 0 aliphatic heterocycles. The molecule has 2 aliphatic carbocycles. The normalized spacial score (nSPS) is 30.2. The maximum atomic E-state index is 10.9. The quantitative estimate of drug-likeness (QED) is 0.868. The van der Waals surface area contributed by atoms with Crippen LogP contribution in [-0.2, 0) is 5.60 Å². The van der Waals surface area contributed by atoms with E-state index in [1.165, 1.54) is 12.8 Å². The summed E-state index contributed by atoms with van der Waals surface area (Å²) >= 11 is 0. The van der Waals surface area contributed by atoms with Crippen LogP contribution in [0.4, 0.5) is 0 Å². The maximum absolute atomic E-state index is 10.9. The van der Waals surface area contributed by atoms with Crippen molar-refractivity contribution in [1.82, 2.24) is 5.32 Å². The van der Waals surface area contributed by atoms with E-state index in [2.05, 4.69) is 12.2 Å². The van der Waals surface area contributed by atoms with Gasteiger partial charge in [-0.05, 0) is 62.8 Å². The largest absolute Gasteiger partial charge is 0.490 e. The van der Waals surface area contributed by atoms with Crippen LogP contribution in [0.1, 0.15) is 51.0 Å². The standard InChI is InChI=1S/C17H25NO2/c1-2-18-14-8-10-17(19,11-9-14)13-4-3-5-16(12-13)20-15-6-7-15/h3-5,12,14-15,18-19H,2,6-11H2,1H3. The van der Waals surface area contributed by atoms with Crippen molar-refractivity contribution in [2.45, 2.75) is 63.2 Å². The summed E-state index contributed by atoms with van der Waals surface area (Å²) in [6, 6.07) is 8.63. The van der Waals surface area contributed by atoms with E-state index in [9.17, 15) is 5.11 Å². The molecule has 0 bridgehead atoms. The lowest BCUT2D eigenvalue weighted by Crippen LogP contribution is -2.39. The van der Waals surface area contributed by atoms with Crippen LogP contribution in [0.25, 0.3) is 0 Å². The third-order valence-electron chi connectivity index (χ3n) is 4.50. The topological polar surface area (TPSA) is 41.5 Å². The van der Waals surface area contributed by atoms with E-state index in [1.807, 2.05) is 24.3 Å². The van der Waals surface area contributed by atoms with Crippen LogP contribution in [0, 0.1) is 0 Å². The van der Waals surface area contributed by atoms with Gasteiger partial charge in [-0.1, -0.05) is 19.1 Å². The van der Waals surface area contributed by atoms with Crippen LogP contribution in [-0.4, -0.2) is 23.8 Å². The fraction of sp³-hybridized carbons (Fsp3) is 0.647. The number of nitrogens with one attached hydrogen (secondary N) is 1. The van der Waals surface area contributed by atoms with E-state index in [0.29, 0.717) is 12.1 Å². The number of aliphatic hydroxyl groups is 1. The summed E-state index contributed by atoms with van der Waals surface area (Å²) in [7, 11) is 0. The first-order valence-electron chi connectivity index (χ1n) is 7.92. The molecule has 0 saturated heterocycles. The van der Waals surface area contributed by atoms with Gasteiger partial charge in [0.15, 0.2) is 0 Å². The van der Waals surface area contributed by atoms with Crippen molar-refractivity contribution in [3.63, 3.8) is 0 Å². The predicted octanol–water partition coefficient (Wildman–Crippen LogP) is 2.97. The van der Waals surface area contributed by atoms with E-state index >= 15 is 0 Å². The third kappa shape index (κ3) is 3.15. The molecule has 0 radical (unpaired) electrons. The minimum Gasteiger partial charge on any atom is -0.490 e. The minimum absolute atomic E-state index is 0.407. The zero-order valence-electron chi connectivity index (χ0n) is 12.3. The highest BCUT2D eigenvalue weighted by Gasteiger charge is 2.35. The molecule has 2 fully saturated rings. The zero-order valence-corrected chi connectivity index (χ0v) is 12.3. The van der Waals surface area contributed by atoms with E-state index in [1.54, 1.807) is 0 Å². The molecule has 2 N–H and O–H groups in total. The van der Waals surface area contributed by atoms with E-state index in [-0.39, 0.29) is 0 Å². The molecule has 0 aromatic heterocycles. The van der Waals surface area contributed by atoms with Gasteiger partial charge in [0.2, 0.25) is 0 Å². The molecule has 2 saturated carbocycles. The van der Waals surface area contributed by atoms with E-state index in [4.69, 9.17) is 4.74 Å². The molecule has 2 aliphatic rings. The summed E-state index contributed by atoms with van der Waals surface area (Å²) in [4.78, 5) is 0. The fourth-order valence-corrected chi connectivity index (χ4v) is 3.11. The molecule has 3 rings (SSSR count). The molecular formula is C17H25NO2. The molecule has 0 heterocycles. The van der Waals surface area contributed by atoms with Crippen molar-refractivity contribution in [2.24, 2.45) is 0 Å². The van der Waals surface area contributed by atoms with Crippen LogP contribution < -0.4 is 10.1 Å². The molecular weight excluding hydrogens is 250 g/mol. The Hall–Kier alpha value is -1.06. The van der Waals surface area contributed by atoms with Gasteiger partial charge < -0.3 is 15.2 Å². The van der Waals surface area contributed by atoms with Gasteiger partial charge in [0.05, 0.1) is 11.7 Å². The monoisotopic (exact) mass is 275 g/mol. The lowest BCUT2D eigenvalue weighted by molar-refractivity contribution is -0.00835. The maximum Gasteiger partial charge on any atom is 0.120 e. The lowest BCUT2D eigenvalue weighted by Gasteiger charge is -2.36. The highest BCUT2D eigenvalue weighted by molar-refractivity contribution is 5.33. The Morgan fingerprint density at radius 2 is 2.00 bits per heavy atom. The van der Waals surface area contributed by atoms with Crippen molar-refractivity contribution in [3.8, 4) is 5.75 Å². The molecule has 0 atom stereocenters. The molecule has 1 aromatic rings. The molecule has 3 heteroatoms. The van der Waals surface area contributed by atoms with Gasteiger partial charge in [-0.25, -0.2) is 0 Å². The summed E-state index contributed by atoms with van der Waals surface area (Å²) in [5.74, 6) is 0.909. The summed E-state index contributed by atoms with van der Waals surface area (Å²) in [5, 5.41) is 14.4. The van der Waals surface area contributed by atoms with Gasteiger partial charge in [0.1, 0.15) is 5.75 Å². The van der Waals surface area contributed by atoms with Gasteiger partial charge in [-0.3, -0.25) is 0 Å². The first-order chi connectivity index (χ1) is 9.69. The Labute approximate surface area is 121 Å². The average Bonchev–Trinajstić information content (AvgIpc) is 3.26. The number of hydrogen-bond donors (Lipinski definition) is 2. The predicted molar refractivity (Wildman–Crippen MR) is 79.9 cm³/mol. The molecule has 1 aromatic carbocycles. The Kier molecular flexibility index (Phi) is 3.99. The lowest BCUT2D eigenvalue weighted by atomic mass is 9.77. The zero-order chi connectivity index (χ0) is 14.0. The number of benzene rings is 1. The highest BCUT2D eigenvalue weighted by Crippen LogP contribution is 2.38. The first-order valence-corrected chi connectivity index (χ1v) is 7.92. The van der Waals surface area contributed by atoms with Gasteiger partial charge in [0.25, 0.3) is 0 Å². The third-order valence-corrected chi connectivity index (χ3v) is 4.50. The summed E-state index contributed by atoms with van der Waals surface area (Å²) in [5.41, 5.74) is 0.347. The first kappa shape index (κ1) is 13.9. The Balaban J connectivity index is 1.68. The minimum atomic E-state index is -0.672. The van der Waals surface area contributed by atoms with Gasteiger partial charge in [0, 0.05) is 6.04 Å². The molecule has 0 unspecified atom stereocenters. The Bertz CT molecular complexity index is 448. The SMILES string of the molecule is CCNC1CCC(O)(c2cccc(OC3CC3)c2)CC1. The van der Waals surface area contributed by atoms with Crippen LogP contribution in [0.2, 0.25) is 0 Å². The Morgan fingerprint density at radius 3 is 2.65 bits per heavy atom. The molecule has 0 amide bonds. The van der Waals surface area contributed by atoms with Gasteiger partial charge in [-0.15, -0.1) is 0 Å². The van der Waals surface area contributed by atoms with Crippen molar-refractivity contribution >= 4 is 0 Å². The second kappa shape index (κ2) is 5.74. The van der Waals surface area contributed by atoms with Crippen LogP contribution >= 0.6 is 0 Å². The summed E-state index contributed by atoms with van der Waals surface area (Å²) in [6.07, 6.45) is 6.48. The summed E-state index contributed by atoms with van der Waals surface area (Å²) in [6.45, 7) is 3.15. The molecule has 0 spiro atoms. The molecule has 20 heavy (non-hydrogen) atoms. The average molecular weight is 275 g/mol. The van der Waals surface area contributed by atoms with Crippen LogP contribution in [0.15, 0.2) is 24.3 Å². The van der Waals surface area contributed by atoms with Crippen molar-refractivity contribution < 1.29 is 9.84 Å². The molecule has 3 nitrogen and oxygen atoms in total. The number of rotatable bonds is 5. The number of ether oxygens (including phenoxy) is 1. The highest BCUT2D eigenvalue weighted by atomic mass is 16.5. The van der Waals surface area contributed by atoms with Crippen molar-refractivity contribution in [3.05, 3.63) is 29.8 Å². The van der Waals surface area contributed by atoms with Gasteiger partial charge >= 0.3 is 0 Å². The van der Waals surface area contributed by atoms with Crippen LogP contribution in [0.5, 0.6) is 5.75 Å². The van der Waals surface area contributed by atoms with Crippen molar-refractivity contribution in [1.29, 1.82) is 0 Å². The van der Waals surface area contributed by atoms with E-state index in [0.717, 1.165) is 43.5 Å². The smallest absolute Gasteiger partial charge is 0.120 e. The number of hydrogen-bond acceptors (Lipinski definition) is 3. The second-order valence-electron chi connectivity index (χ2n) is 6.21. The van der Waals surface area contributed by atoms with Crippen LogP contribution in [0.3, 0.4) is 0 Å². The van der Waals surface area contributed by atoms with Gasteiger partial charge in [-0.2, -0.15) is 0 Å². The van der Waals surface area contributed by atoms with Crippen molar-refractivity contribution in [2.75, 3.05) is 6.54 Å². The second-order valence-corrected chi connectivity index (χ2v) is 6.21. The van der Waals surface area contributed by atoms with E-state index < -0.39 is 5.60 Å².